The molecule has 1 aliphatic rings. The minimum absolute atomic E-state index is 0.144. The molecule has 1 N–H and O–H groups in total. The smallest absolute Gasteiger partial charge is 0.268 e. The summed E-state index contributed by atoms with van der Waals surface area (Å²) in [6.45, 7) is 3.86. The highest BCUT2D eigenvalue weighted by atomic mass is 16.2. The van der Waals surface area contributed by atoms with Crippen LogP contribution in [0.15, 0.2) is 34.0 Å². The number of aromatic nitrogens is 3. The molecule has 8 heteroatoms. The predicted molar refractivity (Wildman–Crippen MR) is 98.6 cm³/mol. The summed E-state index contributed by atoms with van der Waals surface area (Å²) in [5, 5.41) is 6.90. The van der Waals surface area contributed by atoms with Crippen LogP contribution in [-0.2, 0) is 14.1 Å². The van der Waals surface area contributed by atoms with Gasteiger partial charge in [0, 0.05) is 45.5 Å². The standard InChI is InChI=1S/C18H23N5O3/c1-12-4-5-15(18(26)21(12)2)17(25)19-9-13-6-7-23(11-13)14-8-16(24)22(3)20-10-14/h4-5,8,10,13H,6-7,9,11H2,1-3H3,(H,19,25). The molecule has 0 radical (unpaired) electrons. The first-order chi connectivity index (χ1) is 12.4. The molecule has 0 spiro atoms. The van der Waals surface area contributed by atoms with E-state index in [4.69, 9.17) is 0 Å². The van der Waals surface area contributed by atoms with E-state index in [-0.39, 0.29) is 28.5 Å². The minimum Gasteiger partial charge on any atom is -0.370 e. The van der Waals surface area contributed by atoms with Crippen molar-refractivity contribution in [2.75, 3.05) is 24.5 Å². The molecule has 1 saturated heterocycles. The van der Waals surface area contributed by atoms with Gasteiger partial charge in [0.25, 0.3) is 17.0 Å². The molecule has 1 aliphatic heterocycles. The third kappa shape index (κ3) is 3.54. The molecule has 138 valence electrons. The molecule has 2 aromatic rings. The second kappa shape index (κ2) is 7.15. The van der Waals surface area contributed by atoms with Crippen LogP contribution in [0, 0.1) is 12.8 Å². The fraction of sp³-hybridized carbons (Fsp3) is 0.444. The summed E-state index contributed by atoms with van der Waals surface area (Å²) in [7, 11) is 3.27. The lowest BCUT2D eigenvalue weighted by Gasteiger charge is -2.18. The highest BCUT2D eigenvalue weighted by Crippen LogP contribution is 2.21. The molecule has 0 aromatic carbocycles. The molecule has 2 aromatic heterocycles. The van der Waals surface area contributed by atoms with Crippen molar-refractivity contribution in [3.63, 3.8) is 0 Å². The van der Waals surface area contributed by atoms with Gasteiger partial charge in [-0.05, 0) is 31.4 Å². The topological polar surface area (TPSA) is 89.2 Å². The highest BCUT2D eigenvalue weighted by Gasteiger charge is 2.24. The van der Waals surface area contributed by atoms with Gasteiger partial charge in [-0.1, -0.05) is 0 Å². The number of hydrogen-bond acceptors (Lipinski definition) is 5. The number of nitrogens with one attached hydrogen (secondary N) is 1. The summed E-state index contributed by atoms with van der Waals surface area (Å²) in [6, 6.07) is 4.90. The molecule has 1 atom stereocenters. The van der Waals surface area contributed by atoms with Crippen LogP contribution in [-0.4, -0.2) is 39.9 Å². The Morgan fingerprint density at radius 1 is 1.31 bits per heavy atom. The normalized spacial score (nSPS) is 16.7. The van der Waals surface area contributed by atoms with E-state index in [9.17, 15) is 14.4 Å². The number of aryl methyl sites for hydroxylation is 2. The van der Waals surface area contributed by atoms with Gasteiger partial charge < -0.3 is 14.8 Å². The van der Waals surface area contributed by atoms with Crippen molar-refractivity contribution in [2.45, 2.75) is 13.3 Å². The fourth-order valence-corrected chi connectivity index (χ4v) is 3.10. The Bertz CT molecular complexity index is 947. The van der Waals surface area contributed by atoms with E-state index in [1.165, 1.54) is 9.25 Å². The molecule has 0 aliphatic carbocycles. The van der Waals surface area contributed by atoms with Gasteiger partial charge in [-0.25, -0.2) is 4.68 Å². The Labute approximate surface area is 151 Å². The maximum atomic E-state index is 12.3. The average molecular weight is 357 g/mol. The molecule has 1 fully saturated rings. The van der Waals surface area contributed by atoms with Crippen LogP contribution in [0.25, 0.3) is 0 Å². The third-order valence-corrected chi connectivity index (χ3v) is 4.96. The lowest BCUT2D eigenvalue weighted by molar-refractivity contribution is 0.0946. The Morgan fingerprint density at radius 3 is 2.81 bits per heavy atom. The SMILES string of the molecule is Cc1ccc(C(=O)NCC2CCN(c3cnn(C)c(=O)c3)C2)c(=O)n1C. The Kier molecular flexibility index (Phi) is 4.92. The first kappa shape index (κ1) is 17.9. The van der Waals surface area contributed by atoms with Gasteiger partial charge in [-0.2, -0.15) is 5.10 Å². The van der Waals surface area contributed by atoms with Crippen LogP contribution in [0.1, 0.15) is 22.5 Å². The van der Waals surface area contributed by atoms with Crippen LogP contribution in [0.5, 0.6) is 0 Å². The second-order valence-corrected chi connectivity index (χ2v) is 6.74. The molecule has 26 heavy (non-hydrogen) atoms. The summed E-state index contributed by atoms with van der Waals surface area (Å²) in [5.74, 6) is -0.0865. The van der Waals surface area contributed by atoms with E-state index in [0.29, 0.717) is 6.54 Å². The van der Waals surface area contributed by atoms with Gasteiger partial charge in [0.2, 0.25) is 0 Å². The lowest BCUT2D eigenvalue weighted by Crippen LogP contribution is -2.36. The lowest BCUT2D eigenvalue weighted by atomic mass is 10.1. The van der Waals surface area contributed by atoms with E-state index in [0.717, 1.165) is 30.9 Å². The number of nitrogens with zero attached hydrogens (tertiary/aromatic N) is 4. The number of anilines is 1. The van der Waals surface area contributed by atoms with Crippen LogP contribution >= 0.6 is 0 Å². The van der Waals surface area contributed by atoms with Gasteiger partial charge in [-0.15, -0.1) is 0 Å². The number of pyridine rings is 1. The molecule has 1 amide bonds. The molecule has 0 bridgehead atoms. The van der Waals surface area contributed by atoms with Crippen LogP contribution in [0.3, 0.4) is 0 Å². The molecule has 0 saturated carbocycles. The molecule has 3 heterocycles. The summed E-state index contributed by atoms with van der Waals surface area (Å²) in [4.78, 5) is 38.3. The zero-order valence-corrected chi connectivity index (χ0v) is 15.2. The quantitative estimate of drug-likeness (QED) is 0.835. The fourth-order valence-electron chi connectivity index (χ4n) is 3.10. The van der Waals surface area contributed by atoms with E-state index in [1.54, 1.807) is 38.5 Å². The third-order valence-electron chi connectivity index (χ3n) is 4.96. The van der Waals surface area contributed by atoms with Crippen molar-refractivity contribution < 1.29 is 4.79 Å². The first-order valence-corrected chi connectivity index (χ1v) is 8.60. The summed E-state index contributed by atoms with van der Waals surface area (Å²) in [5.41, 5.74) is 1.33. The van der Waals surface area contributed by atoms with Crippen molar-refractivity contribution >= 4 is 11.6 Å². The van der Waals surface area contributed by atoms with Crippen LogP contribution in [0.2, 0.25) is 0 Å². The van der Waals surface area contributed by atoms with Crippen molar-refractivity contribution in [2.24, 2.45) is 20.0 Å². The van der Waals surface area contributed by atoms with Crippen molar-refractivity contribution in [1.82, 2.24) is 19.7 Å². The monoisotopic (exact) mass is 357 g/mol. The van der Waals surface area contributed by atoms with Crippen molar-refractivity contribution in [3.8, 4) is 0 Å². The minimum atomic E-state index is -0.348. The van der Waals surface area contributed by atoms with Gasteiger partial charge in [0.05, 0.1) is 11.9 Å². The van der Waals surface area contributed by atoms with Gasteiger partial charge in [0.1, 0.15) is 5.56 Å². The summed E-state index contributed by atoms with van der Waals surface area (Å²) in [6.07, 6.45) is 2.58. The average Bonchev–Trinajstić information content (AvgIpc) is 3.09. The van der Waals surface area contributed by atoms with E-state index in [2.05, 4.69) is 15.3 Å². The van der Waals surface area contributed by atoms with E-state index < -0.39 is 0 Å². The highest BCUT2D eigenvalue weighted by molar-refractivity contribution is 5.93. The van der Waals surface area contributed by atoms with Gasteiger partial charge >= 0.3 is 0 Å². The van der Waals surface area contributed by atoms with Gasteiger partial charge in [-0.3, -0.25) is 14.4 Å². The largest absolute Gasteiger partial charge is 0.370 e. The van der Waals surface area contributed by atoms with Gasteiger partial charge in [0.15, 0.2) is 0 Å². The number of rotatable bonds is 4. The maximum Gasteiger partial charge on any atom is 0.268 e. The summed E-state index contributed by atoms with van der Waals surface area (Å²) >= 11 is 0. The summed E-state index contributed by atoms with van der Waals surface area (Å²) < 4.78 is 2.76. The number of carbonyl (C=O) groups is 1. The van der Waals surface area contributed by atoms with Crippen molar-refractivity contribution in [1.29, 1.82) is 0 Å². The predicted octanol–water partition coefficient (Wildman–Crippen LogP) is 0.0437. The molecule has 8 nitrogen and oxygen atoms in total. The van der Waals surface area contributed by atoms with E-state index in [1.807, 2.05) is 6.92 Å². The first-order valence-electron chi connectivity index (χ1n) is 8.60. The molecular formula is C18H23N5O3. The van der Waals surface area contributed by atoms with E-state index >= 15 is 0 Å². The van der Waals surface area contributed by atoms with Crippen LogP contribution < -0.4 is 21.3 Å². The molecular weight excluding hydrogens is 334 g/mol. The van der Waals surface area contributed by atoms with Crippen molar-refractivity contribution in [3.05, 3.63) is 56.4 Å². The number of amides is 1. The zero-order chi connectivity index (χ0) is 18.8. The molecule has 1 unspecified atom stereocenters. The zero-order valence-electron chi connectivity index (χ0n) is 15.2. The number of carbonyl (C=O) groups excluding carboxylic acids is 1. The Morgan fingerprint density at radius 2 is 2.08 bits per heavy atom. The second-order valence-electron chi connectivity index (χ2n) is 6.74. The molecule has 3 rings (SSSR count). The number of hydrogen-bond donors (Lipinski definition) is 1. The van der Waals surface area contributed by atoms with Crippen LogP contribution in [0.4, 0.5) is 5.69 Å². The maximum absolute atomic E-state index is 12.3. The Hall–Kier alpha value is -2.90. The Balaban J connectivity index is 1.60.